The molecule has 0 radical (unpaired) electrons. The first kappa shape index (κ1) is 15.0. The summed E-state index contributed by atoms with van der Waals surface area (Å²) in [6.07, 6.45) is -0.602. The zero-order chi connectivity index (χ0) is 14.5. The first-order valence-electron chi connectivity index (χ1n) is 5.96. The number of nitrogens with one attached hydrogen (secondary N) is 1. The second kappa shape index (κ2) is 6.22. The Hall–Kier alpha value is -2.04. The Morgan fingerprint density at radius 1 is 1.16 bits per heavy atom. The quantitative estimate of drug-likeness (QED) is 0.849. The van der Waals surface area contributed by atoms with Gasteiger partial charge in [0, 0.05) is 5.56 Å². The Labute approximate surface area is 112 Å². The van der Waals surface area contributed by atoms with Gasteiger partial charge in [-0.25, -0.2) is 4.79 Å². The zero-order valence-corrected chi connectivity index (χ0v) is 11.6. The molecule has 1 rings (SSSR count). The molecule has 1 amide bonds. The van der Waals surface area contributed by atoms with E-state index in [9.17, 15) is 9.59 Å². The van der Waals surface area contributed by atoms with Crippen molar-refractivity contribution in [2.24, 2.45) is 0 Å². The van der Waals surface area contributed by atoms with Crippen LogP contribution in [0.4, 0.5) is 4.79 Å². The maximum absolute atomic E-state index is 11.8. The fraction of sp³-hybridized carbons (Fsp3) is 0.429. The van der Waals surface area contributed by atoms with Gasteiger partial charge in [-0.15, -0.1) is 0 Å². The van der Waals surface area contributed by atoms with Crippen molar-refractivity contribution in [1.29, 1.82) is 0 Å². The van der Waals surface area contributed by atoms with Crippen LogP contribution in [0.5, 0.6) is 5.75 Å². The summed E-state index contributed by atoms with van der Waals surface area (Å²) < 4.78 is 10.0. The first-order chi connectivity index (χ1) is 8.81. The number of amides is 1. The number of rotatable bonds is 4. The molecule has 0 bridgehead atoms. The number of benzene rings is 1. The molecule has 0 aromatic heterocycles. The van der Waals surface area contributed by atoms with E-state index < -0.39 is 11.7 Å². The van der Waals surface area contributed by atoms with Crippen molar-refractivity contribution >= 4 is 11.9 Å². The Morgan fingerprint density at radius 3 is 2.21 bits per heavy atom. The number of methoxy groups -OCH3 is 1. The zero-order valence-electron chi connectivity index (χ0n) is 11.6. The number of hydrogen-bond acceptors (Lipinski definition) is 4. The largest absolute Gasteiger partial charge is 0.497 e. The Balaban J connectivity index is 2.49. The molecule has 104 valence electrons. The molecule has 0 atom stereocenters. The van der Waals surface area contributed by atoms with Crippen molar-refractivity contribution in [1.82, 2.24) is 5.32 Å². The summed E-state index contributed by atoms with van der Waals surface area (Å²) in [5.74, 6) is 0.491. The van der Waals surface area contributed by atoms with E-state index >= 15 is 0 Å². The van der Waals surface area contributed by atoms with Crippen molar-refractivity contribution in [2.45, 2.75) is 26.4 Å². The SMILES string of the molecule is COc1ccc(C(=O)CNC(=O)OC(C)(C)C)cc1. The van der Waals surface area contributed by atoms with Crippen LogP contribution in [0, 0.1) is 0 Å². The molecular weight excluding hydrogens is 246 g/mol. The lowest BCUT2D eigenvalue weighted by Crippen LogP contribution is -2.35. The van der Waals surface area contributed by atoms with Crippen molar-refractivity contribution < 1.29 is 19.1 Å². The highest BCUT2D eigenvalue weighted by atomic mass is 16.6. The van der Waals surface area contributed by atoms with E-state index in [2.05, 4.69) is 5.32 Å². The summed E-state index contributed by atoms with van der Waals surface area (Å²) in [7, 11) is 1.56. The number of hydrogen-bond donors (Lipinski definition) is 1. The number of carbonyl (C=O) groups is 2. The van der Waals surface area contributed by atoms with Crippen molar-refractivity contribution in [2.75, 3.05) is 13.7 Å². The van der Waals surface area contributed by atoms with Gasteiger partial charge in [0.05, 0.1) is 13.7 Å². The molecule has 19 heavy (non-hydrogen) atoms. The molecule has 0 unspecified atom stereocenters. The van der Waals surface area contributed by atoms with Gasteiger partial charge in [-0.05, 0) is 45.0 Å². The third-order valence-corrected chi connectivity index (χ3v) is 2.20. The Morgan fingerprint density at radius 2 is 1.74 bits per heavy atom. The van der Waals surface area contributed by atoms with E-state index in [0.717, 1.165) is 0 Å². The smallest absolute Gasteiger partial charge is 0.408 e. The van der Waals surface area contributed by atoms with Crippen molar-refractivity contribution in [3.8, 4) is 5.75 Å². The van der Waals surface area contributed by atoms with Crippen LogP contribution in [0.1, 0.15) is 31.1 Å². The third kappa shape index (κ3) is 5.42. The topological polar surface area (TPSA) is 64.6 Å². The minimum atomic E-state index is -0.602. The predicted molar refractivity (Wildman–Crippen MR) is 71.6 cm³/mol. The molecule has 0 saturated heterocycles. The lowest BCUT2D eigenvalue weighted by Gasteiger charge is -2.19. The highest BCUT2D eigenvalue weighted by molar-refractivity contribution is 5.98. The monoisotopic (exact) mass is 265 g/mol. The average molecular weight is 265 g/mol. The maximum Gasteiger partial charge on any atom is 0.408 e. The molecule has 0 fully saturated rings. The van der Waals surface area contributed by atoms with Crippen molar-refractivity contribution in [3.05, 3.63) is 29.8 Å². The Bertz CT molecular complexity index is 446. The molecule has 1 N–H and O–H groups in total. The van der Waals surface area contributed by atoms with Gasteiger partial charge in [-0.1, -0.05) is 0 Å². The normalized spacial score (nSPS) is 10.7. The molecule has 5 heteroatoms. The van der Waals surface area contributed by atoms with Crippen LogP contribution in [0.15, 0.2) is 24.3 Å². The van der Waals surface area contributed by atoms with E-state index in [1.54, 1.807) is 52.1 Å². The summed E-state index contributed by atoms with van der Waals surface area (Å²) in [4.78, 5) is 23.2. The molecule has 5 nitrogen and oxygen atoms in total. The number of ether oxygens (including phenoxy) is 2. The molecule has 0 heterocycles. The maximum atomic E-state index is 11.8. The van der Waals surface area contributed by atoms with Crippen molar-refractivity contribution in [3.63, 3.8) is 0 Å². The Kier molecular flexibility index (Phi) is 4.92. The van der Waals surface area contributed by atoms with Gasteiger partial charge in [0.2, 0.25) is 0 Å². The second-order valence-corrected chi connectivity index (χ2v) is 5.01. The number of alkyl carbamates (subject to hydrolysis) is 1. The summed E-state index contributed by atoms with van der Waals surface area (Å²) in [6, 6.07) is 6.69. The summed E-state index contributed by atoms with van der Waals surface area (Å²) in [6.45, 7) is 5.19. The van der Waals surface area contributed by atoms with Crippen LogP contribution >= 0.6 is 0 Å². The fourth-order valence-electron chi connectivity index (χ4n) is 1.35. The van der Waals surface area contributed by atoms with E-state index in [4.69, 9.17) is 9.47 Å². The molecule has 0 aliphatic carbocycles. The minimum absolute atomic E-state index is 0.0960. The molecular formula is C14H19NO4. The van der Waals surface area contributed by atoms with E-state index in [1.165, 1.54) is 0 Å². The molecule has 0 saturated carbocycles. The highest BCUT2D eigenvalue weighted by Gasteiger charge is 2.16. The van der Waals surface area contributed by atoms with E-state index in [0.29, 0.717) is 11.3 Å². The van der Waals surface area contributed by atoms with Gasteiger partial charge in [0.1, 0.15) is 11.4 Å². The van der Waals surface area contributed by atoms with E-state index in [1.807, 2.05) is 0 Å². The number of Topliss-reactive ketones (excluding diaryl/α,β-unsaturated/α-hetero) is 1. The number of ketones is 1. The van der Waals surface area contributed by atoms with Crippen LogP contribution < -0.4 is 10.1 Å². The molecule has 1 aromatic carbocycles. The summed E-state index contributed by atoms with van der Waals surface area (Å²) in [5, 5.41) is 2.42. The lowest BCUT2D eigenvalue weighted by molar-refractivity contribution is 0.0520. The van der Waals surface area contributed by atoms with Gasteiger partial charge in [-0.2, -0.15) is 0 Å². The lowest BCUT2D eigenvalue weighted by atomic mass is 10.1. The molecule has 0 spiro atoms. The van der Waals surface area contributed by atoms with Crippen LogP contribution in [-0.2, 0) is 4.74 Å². The third-order valence-electron chi connectivity index (χ3n) is 2.20. The predicted octanol–water partition coefficient (Wildman–Crippen LogP) is 2.40. The molecule has 1 aromatic rings. The standard InChI is InChI=1S/C14H19NO4/c1-14(2,3)19-13(17)15-9-12(16)10-5-7-11(18-4)8-6-10/h5-8H,9H2,1-4H3,(H,15,17). The van der Waals surface area contributed by atoms with E-state index in [-0.39, 0.29) is 12.3 Å². The van der Waals surface area contributed by atoms with Gasteiger partial charge < -0.3 is 14.8 Å². The summed E-state index contributed by atoms with van der Waals surface area (Å²) in [5.41, 5.74) is -0.0652. The molecule has 0 aliphatic rings. The van der Waals surface area contributed by atoms with Crippen LogP contribution in [0.3, 0.4) is 0 Å². The van der Waals surface area contributed by atoms with Gasteiger partial charge >= 0.3 is 6.09 Å². The fourth-order valence-corrected chi connectivity index (χ4v) is 1.35. The number of carbonyl (C=O) groups excluding carboxylic acids is 2. The second-order valence-electron chi connectivity index (χ2n) is 5.01. The van der Waals surface area contributed by atoms with Gasteiger partial charge in [0.15, 0.2) is 5.78 Å². The summed E-state index contributed by atoms with van der Waals surface area (Å²) >= 11 is 0. The molecule has 0 aliphatic heterocycles. The first-order valence-corrected chi connectivity index (χ1v) is 5.96. The highest BCUT2D eigenvalue weighted by Crippen LogP contribution is 2.11. The van der Waals surface area contributed by atoms with Crippen LogP contribution in [0.2, 0.25) is 0 Å². The van der Waals surface area contributed by atoms with Crippen LogP contribution in [-0.4, -0.2) is 31.1 Å². The average Bonchev–Trinajstić information content (AvgIpc) is 2.34. The van der Waals surface area contributed by atoms with Crippen LogP contribution in [0.25, 0.3) is 0 Å². The van der Waals surface area contributed by atoms with Gasteiger partial charge in [-0.3, -0.25) is 4.79 Å². The van der Waals surface area contributed by atoms with Gasteiger partial charge in [0.25, 0.3) is 0 Å². The minimum Gasteiger partial charge on any atom is -0.497 e.